The van der Waals surface area contributed by atoms with Crippen molar-refractivity contribution < 1.29 is 28.7 Å². The maximum Gasteiger partial charge on any atom is 0.393 e. The minimum Gasteiger partial charge on any atom is -0.479 e. The summed E-state index contributed by atoms with van der Waals surface area (Å²) in [6.45, 7) is 0.745. The maximum absolute atomic E-state index is 12.6. The standard InChI is InChI=1S/C22H24N3O6P/c1-17(26)32(29,30)31-13-12-20-16-25(24-23-20)22(21(27)28,14-18-8-4-2-5-9-18)15-19-10-6-3-7-11-19/h2-11,16H,12-15H2,1H3,(H,27,28)(H,29,30). The molecular formula is C22H24N3O6P. The van der Waals surface area contributed by atoms with Crippen LogP contribution in [0.15, 0.2) is 66.9 Å². The lowest BCUT2D eigenvalue weighted by molar-refractivity contribution is -0.148. The van der Waals surface area contributed by atoms with E-state index in [4.69, 9.17) is 4.52 Å². The first-order valence-electron chi connectivity index (χ1n) is 9.94. The first-order chi connectivity index (χ1) is 15.2. The highest BCUT2D eigenvalue weighted by atomic mass is 31.2. The molecule has 0 aliphatic heterocycles. The summed E-state index contributed by atoms with van der Waals surface area (Å²) in [6.07, 6.45) is 1.94. The van der Waals surface area contributed by atoms with E-state index in [0.717, 1.165) is 18.1 Å². The number of aromatic nitrogens is 3. The van der Waals surface area contributed by atoms with Crippen LogP contribution in [-0.4, -0.2) is 43.1 Å². The van der Waals surface area contributed by atoms with Crippen LogP contribution in [0.3, 0.4) is 0 Å². The van der Waals surface area contributed by atoms with E-state index in [1.54, 1.807) is 0 Å². The molecule has 1 atom stereocenters. The Labute approximate surface area is 185 Å². The minimum atomic E-state index is -4.32. The zero-order chi connectivity index (χ0) is 23.2. The average molecular weight is 457 g/mol. The van der Waals surface area contributed by atoms with Gasteiger partial charge < -0.3 is 14.5 Å². The zero-order valence-corrected chi connectivity index (χ0v) is 18.4. The summed E-state index contributed by atoms with van der Waals surface area (Å²) in [5, 5.41) is 18.4. The number of hydrogen-bond donors (Lipinski definition) is 2. The normalized spacial score (nSPS) is 13.4. The fraction of sp³-hybridized carbons (Fsp3) is 0.273. The lowest BCUT2D eigenvalue weighted by atomic mass is 9.84. The Morgan fingerprint density at radius 1 is 1.03 bits per heavy atom. The lowest BCUT2D eigenvalue weighted by Gasteiger charge is -2.30. The van der Waals surface area contributed by atoms with Crippen LogP contribution in [0.4, 0.5) is 0 Å². The molecule has 0 fully saturated rings. The number of rotatable bonds is 11. The van der Waals surface area contributed by atoms with Gasteiger partial charge in [-0.2, -0.15) is 0 Å². The van der Waals surface area contributed by atoms with Crippen LogP contribution in [0.1, 0.15) is 23.7 Å². The summed E-state index contributed by atoms with van der Waals surface area (Å²) in [7, 11) is -4.32. The third-order valence-electron chi connectivity index (χ3n) is 5.08. The molecule has 168 valence electrons. The largest absolute Gasteiger partial charge is 0.479 e. The molecule has 1 aromatic heterocycles. The molecule has 1 heterocycles. The molecule has 0 amide bonds. The van der Waals surface area contributed by atoms with Crippen molar-refractivity contribution in [1.82, 2.24) is 15.0 Å². The summed E-state index contributed by atoms with van der Waals surface area (Å²) in [4.78, 5) is 33.2. The van der Waals surface area contributed by atoms with Crippen LogP contribution >= 0.6 is 7.60 Å². The molecule has 1 unspecified atom stereocenters. The number of carbonyl (C=O) groups excluding carboxylic acids is 1. The van der Waals surface area contributed by atoms with Crippen LogP contribution in [0.5, 0.6) is 0 Å². The van der Waals surface area contributed by atoms with E-state index in [1.807, 2.05) is 60.7 Å². The molecule has 0 aliphatic carbocycles. The van der Waals surface area contributed by atoms with Gasteiger partial charge in [0.25, 0.3) is 0 Å². The highest BCUT2D eigenvalue weighted by Crippen LogP contribution is 2.42. The smallest absolute Gasteiger partial charge is 0.393 e. The molecule has 2 aromatic carbocycles. The van der Waals surface area contributed by atoms with Crippen LogP contribution in [-0.2, 0) is 43.5 Å². The SMILES string of the molecule is CC(=O)P(=O)(O)OCCc1cn(C(Cc2ccccc2)(Cc2ccccc2)C(=O)O)nn1. The van der Waals surface area contributed by atoms with Gasteiger partial charge in [0.1, 0.15) is 0 Å². The third-order valence-corrected chi connectivity index (χ3v) is 6.41. The van der Waals surface area contributed by atoms with Crippen molar-refractivity contribution in [2.24, 2.45) is 0 Å². The monoisotopic (exact) mass is 457 g/mol. The fourth-order valence-corrected chi connectivity index (χ4v) is 3.85. The molecule has 0 saturated carbocycles. The van der Waals surface area contributed by atoms with Crippen molar-refractivity contribution in [3.05, 3.63) is 83.7 Å². The highest BCUT2D eigenvalue weighted by molar-refractivity contribution is 7.70. The van der Waals surface area contributed by atoms with E-state index >= 15 is 0 Å². The summed E-state index contributed by atoms with van der Waals surface area (Å²) < 4.78 is 17.8. The van der Waals surface area contributed by atoms with E-state index < -0.39 is 24.6 Å². The van der Waals surface area contributed by atoms with Gasteiger partial charge in [0.15, 0.2) is 5.54 Å². The molecule has 32 heavy (non-hydrogen) atoms. The number of carboxylic acids is 1. The van der Waals surface area contributed by atoms with E-state index in [9.17, 15) is 24.2 Å². The predicted octanol–water partition coefficient (Wildman–Crippen LogP) is 2.83. The summed E-state index contributed by atoms with van der Waals surface area (Å²) >= 11 is 0. The second-order valence-corrected chi connectivity index (χ2v) is 9.37. The predicted molar refractivity (Wildman–Crippen MR) is 116 cm³/mol. The molecule has 0 radical (unpaired) electrons. The number of nitrogens with zero attached hydrogens (tertiary/aromatic N) is 3. The molecule has 0 saturated heterocycles. The van der Waals surface area contributed by atoms with Gasteiger partial charge in [0.05, 0.1) is 12.3 Å². The van der Waals surface area contributed by atoms with Gasteiger partial charge in [-0.3, -0.25) is 9.36 Å². The third kappa shape index (κ3) is 5.56. The summed E-state index contributed by atoms with van der Waals surface area (Å²) in [5.74, 6) is -1.06. The Morgan fingerprint density at radius 3 is 2.03 bits per heavy atom. The Balaban J connectivity index is 1.90. The Kier molecular flexibility index (Phi) is 7.35. The highest BCUT2D eigenvalue weighted by Gasteiger charge is 2.42. The van der Waals surface area contributed by atoms with Gasteiger partial charge in [0, 0.05) is 32.4 Å². The summed E-state index contributed by atoms with van der Waals surface area (Å²) in [5.41, 5.74) is -0.361. The average Bonchev–Trinajstić information content (AvgIpc) is 3.23. The molecule has 3 aromatic rings. The van der Waals surface area contributed by atoms with Crippen molar-refractivity contribution in [2.75, 3.05) is 6.61 Å². The van der Waals surface area contributed by atoms with E-state index in [2.05, 4.69) is 10.3 Å². The molecule has 0 aliphatic rings. The van der Waals surface area contributed by atoms with E-state index in [1.165, 1.54) is 10.9 Å². The number of aliphatic carboxylic acids is 1. The number of hydrogen-bond acceptors (Lipinski definition) is 6. The van der Waals surface area contributed by atoms with Gasteiger partial charge >= 0.3 is 13.6 Å². The lowest BCUT2D eigenvalue weighted by Crippen LogP contribution is -2.46. The van der Waals surface area contributed by atoms with Crippen molar-refractivity contribution in [2.45, 2.75) is 31.7 Å². The minimum absolute atomic E-state index is 0.0875. The van der Waals surface area contributed by atoms with Gasteiger partial charge in [-0.25, -0.2) is 9.48 Å². The van der Waals surface area contributed by atoms with Crippen LogP contribution < -0.4 is 0 Å². The van der Waals surface area contributed by atoms with Gasteiger partial charge in [-0.15, -0.1) is 5.10 Å². The van der Waals surface area contributed by atoms with Gasteiger partial charge in [0.2, 0.25) is 5.52 Å². The second kappa shape index (κ2) is 9.99. The number of benzene rings is 2. The molecule has 2 N–H and O–H groups in total. The van der Waals surface area contributed by atoms with Crippen molar-refractivity contribution in [1.29, 1.82) is 0 Å². The fourth-order valence-electron chi connectivity index (χ4n) is 3.33. The van der Waals surface area contributed by atoms with Crippen molar-refractivity contribution >= 4 is 19.1 Å². The first kappa shape index (κ1) is 23.5. The summed E-state index contributed by atoms with van der Waals surface area (Å²) in [6, 6.07) is 18.5. The van der Waals surface area contributed by atoms with Crippen molar-refractivity contribution in [3.8, 4) is 0 Å². The zero-order valence-electron chi connectivity index (χ0n) is 17.5. The van der Waals surface area contributed by atoms with Gasteiger partial charge in [-0.1, -0.05) is 65.9 Å². The topological polar surface area (TPSA) is 132 Å². The van der Waals surface area contributed by atoms with Crippen molar-refractivity contribution in [3.63, 3.8) is 0 Å². The van der Waals surface area contributed by atoms with Crippen LogP contribution in [0, 0.1) is 0 Å². The Hall–Kier alpha value is -3.13. The van der Waals surface area contributed by atoms with E-state index in [-0.39, 0.29) is 25.9 Å². The van der Waals surface area contributed by atoms with E-state index in [0.29, 0.717) is 5.69 Å². The molecule has 0 spiro atoms. The van der Waals surface area contributed by atoms with Gasteiger partial charge in [-0.05, 0) is 11.1 Å². The maximum atomic E-state index is 12.6. The number of carboxylic acid groups (broad SMARTS) is 1. The molecule has 0 bridgehead atoms. The quantitative estimate of drug-likeness (QED) is 0.420. The molecule has 9 nitrogen and oxygen atoms in total. The van der Waals surface area contributed by atoms with Crippen LogP contribution in [0.2, 0.25) is 0 Å². The second-order valence-electron chi connectivity index (χ2n) is 7.44. The Morgan fingerprint density at radius 2 is 1.56 bits per heavy atom. The molecule has 3 rings (SSSR count). The number of carbonyl (C=O) groups is 2. The van der Waals surface area contributed by atoms with Crippen LogP contribution in [0.25, 0.3) is 0 Å². The Bertz CT molecular complexity index is 1080. The molecule has 10 heteroatoms. The molecular weight excluding hydrogens is 433 g/mol. The first-order valence-corrected chi connectivity index (χ1v) is 11.5.